The van der Waals surface area contributed by atoms with Crippen molar-refractivity contribution in [1.82, 2.24) is 9.88 Å². The van der Waals surface area contributed by atoms with Gasteiger partial charge < -0.3 is 15.7 Å². The number of nitrogens with two attached hydrogens (primary N) is 1. The first-order valence-corrected chi connectivity index (χ1v) is 4.91. The van der Waals surface area contributed by atoms with E-state index in [9.17, 15) is 9.18 Å². The molecule has 16 heavy (non-hydrogen) atoms. The van der Waals surface area contributed by atoms with E-state index in [0.717, 1.165) is 12.3 Å². The van der Waals surface area contributed by atoms with Crippen LogP contribution < -0.4 is 5.73 Å². The second kappa shape index (κ2) is 5.41. The molecule has 6 heteroatoms. The fraction of sp³-hybridized carbons (Fsp3) is 0.400. The Morgan fingerprint density at radius 1 is 1.69 bits per heavy atom. The molecule has 0 unspecified atom stereocenters. The number of hydrogen-bond donors (Lipinski definition) is 2. The first-order valence-electron chi connectivity index (χ1n) is 4.91. The molecule has 0 radical (unpaired) electrons. The van der Waals surface area contributed by atoms with Gasteiger partial charge in [0.15, 0.2) is 0 Å². The van der Waals surface area contributed by atoms with E-state index in [2.05, 4.69) is 4.98 Å². The molecule has 1 rings (SSSR count). The van der Waals surface area contributed by atoms with E-state index in [4.69, 9.17) is 10.8 Å². The van der Waals surface area contributed by atoms with Crippen LogP contribution in [-0.2, 0) is 0 Å². The zero-order chi connectivity index (χ0) is 12.1. The number of anilines is 1. The molecule has 88 valence electrons. The molecule has 0 aromatic carbocycles. The second-order valence-corrected chi connectivity index (χ2v) is 3.19. The van der Waals surface area contributed by atoms with Crippen molar-refractivity contribution in [3.05, 3.63) is 23.6 Å². The normalized spacial score (nSPS) is 10.2. The number of hydrogen-bond acceptors (Lipinski definition) is 4. The molecule has 0 saturated carbocycles. The van der Waals surface area contributed by atoms with Crippen molar-refractivity contribution in [3.8, 4) is 0 Å². The van der Waals surface area contributed by atoms with Gasteiger partial charge in [-0.05, 0) is 13.0 Å². The van der Waals surface area contributed by atoms with Crippen molar-refractivity contribution in [2.75, 3.05) is 25.4 Å². The molecule has 0 aliphatic rings. The van der Waals surface area contributed by atoms with Gasteiger partial charge in [-0.15, -0.1) is 0 Å². The quantitative estimate of drug-likeness (QED) is 0.773. The molecule has 5 nitrogen and oxygen atoms in total. The summed E-state index contributed by atoms with van der Waals surface area (Å²) in [7, 11) is 0. The fourth-order valence-corrected chi connectivity index (χ4v) is 1.32. The van der Waals surface area contributed by atoms with E-state index in [-0.39, 0.29) is 24.5 Å². The van der Waals surface area contributed by atoms with E-state index in [1.54, 1.807) is 6.92 Å². The Kier molecular flexibility index (Phi) is 4.19. The van der Waals surface area contributed by atoms with Gasteiger partial charge in [0.2, 0.25) is 0 Å². The zero-order valence-electron chi connectivity index (χ0n) is 8.98. The van der Waals surface area contributed by atoms with Gasteiger partial charge in [0.25, 0.3) is 5.91 Å². The van der Waals surface area contributed by atoms with Crippen molar-refractivity contribution in [2.45, 2.75) is 6.92 Å². The Labute approximate surface area is 92.7 Å². The van der Waals surface area contributed by atoms with Crippen LogP contribution in [0.1, 0.15) is 17.3 Å². The van der Waals surface area contributed by atoms with Crippen LogP contribution in [0, 0.1) is 5.82 Å². The van der Waals surface area contributed by atoms with Crippen LogP contribution in [-0.4, -0.2) is 40.6 Å². The largest absolute Gasteiger partial charge is 0.395 e. The minimum atomic E-state index is -0.613. The number of likely N-dealkylation sites (N-methyl/N-ethyl adjacent to an activating group) is 1. The lowest BCUT2D eigenvalue weighted by molar-refractivity contribution is 0.0732. The van der Waals surface area contributed by atoms with Crippen LogP contribution >= 0.6 is 0 Å². The predicted octanol–water partition coefficient (Wildman–Crippen LogP) is 0.257. The molecule has 0 fully saturated rings. The standard InChI is InChI=1S/C10H14FN3O2/c1-2-14(3-4-15)10(16)8-5-7(11)6-13-9(8)12/h5-6,15H,2-4H2,1H3,(H2,12,13). The highest BCUT2D eigenvalue weighted by molar-refractivity contribution is 5.98. The van der Waals surface area contributed by atoms with Crippen LogP contribution in [0.3, 0.4) is 0 Å². The minimum Gasteiger partial charge on any atom is -0.395 e. The molecular weight excluding hydrogens is 213 g/mol. The number of nitrogens with zero attached hydrogens (tertiary/aromatic N) is 2. The molecule has 0 spiro atoms. The third kappa shape index (κ3) is 2.66. The maximum Gasteiger partial charge on any atom is 0.257 e. The topological polar surface area (TPSA) is 79.5 Å². The van der Waals surface area contributed by atoms with Gasteiger partial charge in [-0.2, -0.15) is 0 Å². The monoisotopic (exact) mass is 227 g/mol. The average molecular weight is 227 g/mol. The second-order valence-electron chi connectivity index (χ2n) is 3.19. The van der Waals surface area contributed by atoms with Gasteiger partial charge in [0, 0.05) is 13.1 Å². The molecule has 0 aliphatic heterocycles. The summed E-state index contributed by atoms with van der Waals surface area (Å²) in [6, 6.07) is 1.05. The summed E-state index contributed by atoms with van der Waals surface area (Å²) in [5, 5.41) is 8.77. The van der Waals surface area contributed by atoms with E-state index in [1.807, 2.05) is 0 Å². The van der Waals surface area contributed by atoms with Gasteiger partial charge in [0.1, 0.15) is 11.6 Å². The molecule has 0 bridgehead atoms. The van der Waals surface area contributed by atoms with Crippen molar-refractivity contribution in [1.29, 1.82) is 0 Å². The summed E-state index contributed by atoms with van der Waals surface area (Å²) in [6.07, 6.45) is 0.953. The van der Waals surface area contributed by atoms with Crippen LogP contribution in [0.4, 0.5) is 10.2 Å². The molecule has 0 atom stereocenters. The molecule has 0 saturated heterocycles. The van der Waals surface area contributed by atoms with Gasteiger partial charge in [-0.25, -0.2) is 9.37 Å². The van der Waals surface area contributed by atoms with Gasteiger partial charge in [-0.3, -0.25) is 4.79 Å². The summed E-state index contributed by atoms with van der Waals surface area (Å²) in [4.78, 5) is 16.8. The molecular formula is C10H14FN3O2. The first kappa shape index (κ1) is 12.4. The molecule has 1 aromatic rings. The third-order valence-electron chi connectivity index (χ3n) is 2.15. The summed E-state index contributed by atoms with van der Waals surface area (Å²) in [5.74, 6) is -1.05. The Morgan fingerprint density at radius 2 is 2.38 bits per heavy atom. The number of nitrogen functional groups attached to an aromatic ring is 1. The van der Waals surface area contributed by atoms with Crippen LogP contribution in [0.5, 0.6) is 0 Å². The average Bonchev–Trinajstić information content (AvgIpc) is 2.28. The van der Waals surface area contributed by atoms with Crippen molar-refractivity contribution < 1.29 is 14.3 Å². The van der Waals surface area contributed by atoms with Gasteiger partial charge in [-0.1, -0.05) is 0 Å². The first-order chi connectivity index (χ1) is 7.60. The molecule has 1 amide bonds. The molecule has 1 aromatic heterocycles. The molecule has 3 N–H and O–H groups in total. The number of halogens is 1. The van der Waals surface area contributed by atoms with Crippen LogP contribution in [0.2, 0.25) is 0 Å². The van der Waals surface area contributed by atoms with E-state index >= 15 is 0 Å². The Balaban J connectivity index is 2.98. The van der Waals surface area contributed by atoms with Gasteiger partial charge >= 0.3 is 0 Å². The highest BCUT2D eigenvalue weighted by atomic mass is 19.1. The Bertz CT molecular complexity index is 384. The lowest BCUT2D eigenvalue weighted by Crippen LogP contribution is -2.34. The SMILES string of the molecule is CCN(CCO)C(=O)c1cc(F)cnc1N. The number of aliphatic hydroxyl groups excluding tert-OH is 1. The summed E-state index contributed by atoms with van der Waals surface area (Å²) in [5.41, 5.74) is 5.51. The Morgan fingerprint density at radius 3 is 2.94 bits per heavy atom. The number of carbonyl (C=O) groups excluding carboxylic acids is 1. The van der Waals surface area contributed by atoms with Crippen molar-refractivity contribution >= 4 is 11.7 Å². The smallest absolute Gasteiger partial charge is 0.257 e. The molecule has 0 aliphatic carbocycles. The Hall–Kier alpha value is -1.69. The summed E-state index contributed by atoms with van der Waals surface area (Å²) < 4.78 is 12.9. The highest BCUT2D eigenvalue weighted by Crippen LogP contribution is 2.12. The number of carbonyl (C=O) groups is 1. The number of aromatic nitrogens is 1. The van der Waals surface area contributed by atoms with Crippen LogP contribution in [0.25, 0.3) is 0 Å². The highest BCUT2D eigenvalue weighted by Gasteiger charge is 2.17. The lowest BCUT2D eigenvalue weighted by atomic mass is 10.2. The number of rotatable bonds is 4. The number of pyridine rings is 1. The van der Waals surface area contributed by atoms with Crippen molar-refractivity contribution in [2.24, 2.45) is 0 Å². The third-order valence-corrected chi connectivity index (χ3v) is 2.15. The number of aliphatic hydroxyl groups is 1. The fourth-order valence-electron chi connectivity index (χ4n) is 1.32. The summed E-state index contributed by atoms with van der Waals surface area (Å²) in [6.45, 7) is 2.21. The minimum absolute atomic E-state index is 0.0113. The zero-order valence-corrected chi connectivity index (χ0v) is 8.98. The lowest BCUT2D eigenvalue weighted by Gasteiger charge is -2.20. The van der Waals surface area contributed by atoms with E-state index in [1.165, 1.54) is 4.90 Å². The van der Waals surface area contributed by atoms with Gasteiger partial charge in [0.05, 0.1) is 18.4 Å². The van der Waals surface area contributed by atoms with E-state index < -0.39 is 11.7 Å². The number of amides is 1. The summed E-state index contributed by atoms with van der Waals surface area (Å²) >= 11 is 0. The predicted molar refractivity (Wildman–Crippen MR) is 57.3 cm³/mol. The van der Waals surface area contributed by atoms with Crippen molar-refractivity contribution in [3.63, 3.8) is 0 Å². The van der Waals surface area contributed by atoms with E-state index in [0.29, 0.717) is 6.54 Å². The van der Waals surface area contributed by atoms with Crippen LogP contribution in [0.15, 0.2) is 12.3 Å². The maximum absolute atomic E-state index is 12.9. The molecule has 1 heterocycles. The maximum atomic E-state index is 12.9.